The van der Waals surface area contributed by atoms with Crippen molar-refractivity contribution in [3.8, 4) is 11.5 Å². The number of rotatable bonds is 5. The van der Waals surface area contributed by atoms with Crippen LogP contribution >= 0.6 is 15.9 Å². The van der Waals surface area contributed by atoms with Gasteiger partial charge in [-0.15, -0.1) is 0 Å². The van der Waals surface area contributed by atoms with Gasteiger partial charge in [-0.1, -0.05) is 6.07 Å². The van der Waals surface area contributed by atoms with Gasteiger partial charge in [-0.05, 0) is 51.3 Å². The van der Waals surface area contributed by atoms with E-state index in [-0.39, 0.29) is 13.2 Å². The molecule has 112 valence electrons. The number of ether oxygens (including phenoxy) is 2. The summed E-state index contributed by atoms with van der Waals surface area (Å²) in [6.07, 6.45) is 0. The van der Waals surface area contributed by atoms with Crippen molar-refractivity contribution in [3.05, 3.63) is 57.6 Å². The standard InChI is InChI=1S/C15H13BrF2O3/c1-20-14-6-10(7-19)4-11(16)15(14)21-8-9-2-3-12(17)13(18)5-9/h2-6,19H,7-8H2,1H3. The molecule has 2 rings (SSSR count). The maximum atomic E-state index is 13.1. The van der Waals surface area contributed by atoms with E-state index in [1.165, 1.54) is 13.2 Å². The molecule has 0 bridgehead atoms. The van der Waals surface area contributed by atoms with E-state index in [0.717, 1.165) is 12.1 Å². The molecule has 2 aromatic rings. The van der Waals surface area contributed by atoms with Crippen molar-refractivity contribution < 1.29 is 23.4 Å². The van der Waals surface area contributed by atoms with E-state index >= 15 is 0 Å². The summed E-state index contributed by atoms with van der Waals surface area (Å²) in [5, 5.41) is 9.14. The van der Waals surface area contributed by atoms with E-state index in [4.69, 9.17) is 14.6 Å². The van der Waals surface area contributed by atoms with Gasteiger partial charge in [-0.2, -0.15) is 0 Å². The minimum Gasteiger partial charge on any atom is -0.493 e. The molecule has 2 aromatic carbocycles. The molecule has 0 radical (unpaired) electrons. The van der Waals surface area contributed by atoms with Gasteiger partial charge in [0.05, 0.1) is 18.2 Å². The van der Waals surface area contributed by atoms with Crippen molar-refractivity contribution in [3.63, 3.8) is 0 Å². The predicted molar refractivity (Wildman–Crippen MR) is 77.3 cm³/mol. The lowest BCUT2D eigenvalue weighted by Gasteiger charge is -2.14. The highest BCUT2D eigenvalue weighted by molar-refractivity contribution is 9.10. The summed E-state index contributed by atoms with van der Waals surface area (Å²) in [6, 6.07) is 6.92. The predicted octanol–water partition coefficient (Wildman–Crippen LogP) is 3.81. The third kappa shape index (κ3) is 3.71. The molecular weight excluding hydrogens is 346 g/mol. The highest BCUT2D eigenvalue weighted by Gasteiger charge is 2.12. The summed E-state index contributed by atoms with van der Waals surface area (Å²) < 4.78 is 37.4. The Kier molecular flexibility index (Phi) is 5.14. The van der Waals surface area contributed by atoms with Crippen molar-refractivity contribution in [2.24, 2.45) is 0 Å². The van der Waals surface area contributed by atoms with E-state index in [9.17, 15) is 8.78 Å². The first kappa shape index (κ1) is 15.7. The second-order valence-electron chi connectivity index (χ2n) is 4.30. The molecule has 0 aromatic heterocycles. The van der Waals surface area contributed by atoms with E-state index < -0.39 is 11.6 Å². The number of aliphatic hydroxyl groups excluding tert-OH is 1. The summed E-state index contributed by atoms with van der Waals surface area (Å²) in [5.41, 5.74) is 1.16. The highest BCUT2D eigenvalue weighted by atomic mass is 79.9. The van der Waals surface area contributed by atoms with Gasteiger partial charge in [0, 0.05) is 0 Å². The molecule has 0 aliphatic rings. The van der Waals surface area contributed by atoms with E-state index in [1.54, 1.807) is 12.1 Å². The van der Waals surface area contributed by atoms with Crippen LogP contribution in [-0.4, -0.2) is 12.2 Å². The Labute approximate surface area is 129 Å². The number of benzene rings is 2. The average molecular weight is 359 g/mol. The lowest BCUT2D eigenvalue weighted by Crippen LogP contribution is -2.00. The molecule has 21 heavy (non-hydrogen) atoms. The fourth-order valence-corrected chi connectivity index (χ4v) is 2.39. The minimum absolute atomic E-state index is 0.0602. The molecule has 0 amide bonds. The normalized spacial score (nSPS) is 10.5. The van der Waals surface area contributed by atoms with Gasteiger partial charge >= 0.3 is 0 Å². The van der Waals surface area contributed by atoms with Gasteiger partial charge in [0.25, 0.3) is 0 Å². The monoisotopic (exact) mass is 358 g/mol. The molecule has 0 saturated carbocycles. The third-order valence-corrected chi connectivity index (χ3v) is 3.43. The van der Waals surface area contributed by atoms with Crippen LogP contribution in [0.15, 0.2) is 34.8 Å². The number of methoxy groups -OCH3 is 1. The average Bonchev–Trinajstić information content (AvgIpc) is 2.48. The second kappa shape index (κ2) is 6.87. The SMILES string of the molecule is COc1cc(CO)cc(Br)c1OCc1ccc(F)c(F)c1. The molecule has 0 atom stereocenters. The largest absolute Gasteiger partial charge is 0.493 e. The Hall–Kier alpha value is -1.66. The minimum atomic E-state index is -0.919. The number of hydrogen-bond acceptors (Lipinski definition) is 3. The van der Waals surface area contributed by atoms with E-state index in [0.29, 0.717) is 27.1 Å². The maximum absolute atomic E-state index is 13.1. The molecule has 1 N–H and O–H groups in total. The second-order valence-corrected chi connectivity index (χ2v) is 5.16. The van der Waals surface area contributed by atoms with Crippen LogP contribution in [0.5, 0.6) is 11.5 Å². The van der Waals surface area contributed by atoms with Crippen LogP contribution < -0.4 is 9.47 Å². The molecule has 6 heteroatoms. The van der Waals surface area contributed by atoms with Gasteiger partial charge in [0.1, 0.15) is 6.61 Å². The van der Waals surface area contributed by atoms with Gasteiger partial charge in [-0.3, -0.25) is 0 Å². The molecule has 0 unspecified atom stereocenters. The molecule has 0 aliphatic heterocycles. The zero-order chi connectivity index (χ0) is 15.4. The quantitative estimate of drug-likeness (QED) is 0.883. The molecule has 0 spiro atoms. The first-order valence-electron chi connectivity index (χ1n) is 6.09. The lowest BCUT2D eigenvalue weighted by molar-refractivity contribution is 0.272. The third-order valence-electron chi connectivity index (χ3n) is 2.84. The lowest BCUT2D eigenvalue weighted by atomic mass is 10.2. The maximum Gasteiger partial charge on any atom is 0.175 e. The van der Waals surface area contributed by atoms with Crippen molar-refractivity contribution in [1.82, 2.24) is 0 Å². The van der Waals surface area contributed by atoms with Crippen molar-refractivity contribution >= 4 is 15.9 Å². The van der Waals surface area contributed by atoms with Crippen LogP contribution in [0.2, 0.25) is 0 Å². The molecular formula is C15H13BrF2O3. The molecule has 3 nitrogen and oxygen atoms in total. The van der Waals surface area contributed by atoms with Gasteiger partial charge < -0.3 is 14.6 Å². The van der Waals surface area contributed by atoms with Crippen LogP contribution in [0.4, 0.5) is 8.78 Å². The molecule has 0 heterocycles. The first-order chi connectivity index (χ1) is 10.0. The fourth-order valence-electron chi connectivity index (χ4n) is 1.79. The Morgan fingerprint density at radius 1 is 1.10 bits per heavy atom. The first-order valence-corrected chi connectivity index (χ1v) is 6.88. The molecule has 0 aliphatic carbocycles. The summed E-state index contributed by atoms with van der Waals surface area (Å²) in [6.45, 7) is -0.0664. The molecule has 0 saturated heterocycles. The van der Waals surface area contributed by atoms with Gasteiger partial charge in [-0.25, -0.2) is 8.78 Å². The van der Waals surface area contributed by atoms with Crippen LogP contribution in [0.1, 0.15) is 11.1 Å². The van der Waals surface area contributed by atoms with Crippen LogP contribution in [0.3, 0.4) is 0 Å². The molecule has 0 fully saturated rings. The summed E-state index contributed by atoms with van der Waals surface area (Å²) in [7, 11) is 1.48. The van der Waals surface area contributed by atoms with Crippen molar-refractivity contribution in [1.29, 1.82) is 0 Å². The van der Waals surface area contributed by atoms with Gasteiger partial charge in [0.15, 0.2) is 23.1 Å². The van der Waals surface area contributed by atoms with E-state index in [2.05, 4.69) is 15.9 Å². The summed E-state index contributed by atoms with van der Waals surface area (Å²) in [4.78, 5) is 0. The van der Waals surface area contributed by atoms with E-state index in [1.807, 2.05) is 0 Å². The summed E-state index contributed by atoms with van der Waals surface area (Å²) >= 11 is 3.33. The smallest absolute Gasteiger partial charge is 0.175 e. The Bertz CT molecular complexity index is 647. The van der Waals surface area contributed by atoms with Crippen molar-refractivity contribution in [2.75, 3.05) is 7.11 Å². The fraction of sp³-hybridized carbons (Fsp3) is 0.200. The number of halogens is 3. The summed E-state index contributed by atoms with van der Waals surface area (Å²) in [5.74, 6) is -0.946. The number of hydrogen-bond donors (Lipinski definition) is 1. The number of aliphatic hydroxyl groups is 1. The zero-order valence-electron chi connectivity index (χ0n) is 11.2. The van der Waals surface area contributed by atoms with Crippen LogP contribution in [-0.2, 0) is 13.2 Å². The Morgan fingerprint density at radius 3 is 2.48 bits per heavy atom. The van der Waals surface area contributed by atoms with Crippen LogP contribution in [0.25, 0.3) is 0 Å². The highest BCUT2D eigenvalue weighted by Crippen LogP contribution is 2.37. The van der Waals surface area contributed by atoms with Gasteiger partial charge in [0.2, 0.25) is 0 Å². The zero-order valence-corrected chi connectivity index (χ0v) is 12.8. The Balaban J connectivity index is 2.21. The topological polar surface area (TPSA) is 38.7 Å². The Morgan fingerprint density at radius 2 is 1.86 bits per heavy atom. The van der Waals surface area contributed by atoms with Crippen molar-refractivity contribution in [2.45, 2.75) is 13.2 Å². The van der Waals surface area contributed by atoms with Crippen LogP contribution in [0, 0.1) is 11.6 Å².